The third-order valence-corrected chi connectivity index (χ3v) is 4.66. The molecule has 0 amide bonds. The summed E-state index contributed by atoms with van der Waals surface area (Å²) in [6.07, 6.45) is 6.28. The van der Waals surface area contributed by atoms with Crippen LogP contribution in [0, 0.1) is 5.82 Å². The Kier molecular flexibility index (Phi) is 4.28. The standard InChI is InChI=1S/C19H19FN4O2/c1-24-17-12(11-21-19(23-17)22-13-6-2-3-7-13)10-16(18(24)25)26-15-9-5-4-8-14(15)20/h4-5,8-11,13H,2-3,6-7H2,1H3,(H,21,22,23). The number of aryl methyl sites for hydroxylation is 1. The number of nitrogens with one attached hydrogen (secondary N) is 1. The molecular formula is C19H19FN4O2. The van der Waals surface area contributed by atoms with Crippen molar-refractivity contribution in [2.75, 3.05) is 5.32 Å². The van der Waals surface area contributed by atoms with Gasteiger partial charge in [0.1, 0.15) is 5.65 Å². The zero-order valence-corrected chi connectivity index (χ0v) is 14.4. The summed E-state index contributed by atoms with van der Waals surface area (Å²) in [5.74, 6) is 0.0266. The quantitative estimate of drug-likeness (QED) is 0.775. The molecular weight excluding hydrogens is 335 g/mol. The van der Waals surface area contributed by atoms with Gasteiger partial charge in [-0.25, -0.2) is 9.37 Å². The van der Waals surface area contributed by atoms with Crippen molar-refractivity contribution >= 4 is 17.0 Å². The van der Waals surface area contributed by atoms with Crippen LogP contribution in [-0.2, 0) is 7.05 Å². The molecule has 0 radical (unpaired) electrons. The molecule has 26 heavy (non-hydrogen) atoms. The van der Waals surface area contributed by atoms with Crippen molar-refractivity contribution in [2.45, 2.75) is 31.7 Å². The van der Waals surface area contributed by atoms with Crippen LogP contribution < -0.4 is 15.6 Å². The van der Waals surface area contributed by atoms with Crippen LogP contribution in [0.2, 0.25) is 0 Å². The van der Waals surface area contributed by atoms with Gasteiger partial charge >= 0.3 is 0 Å². The predicted octanol–water partition coefficient (Wildman–Crippen LogP) is 3.61. The maximum Gasteiger partial charge on any atom is 0.294 e. The van der Waals surface area contributed by atoms with Gasteiger partial charge in [-0.05, 0) is 31.0 Å². The predicted molar refractivity (Wildman–Crippen MR) is 97.1 cm³/mol. The van der Waals surface area contributed by atoms with Crippen LogP contribution in [-0.4, -0.2) is 20.6 Å². The van der Waals surface area contributed by atoms with E-state index in [0.717, 1.165) is 12.8 Å². The molecule has 1 N–H and O–H groups in total. The van der Waals surface area contributed by atoms with Gasteiger partial charge in [0.2, 0.25) is 5.95 Å². The van der Waals surface area contributed by atoms with Crippen molar-refractivity contribution in [3.63, 3.8) is 0 Å². The summed E-state index contributed by atoms with van der Waals surface area (Å²) in [4.78, 5) is 21.4. The Hall–Kier alpha value is -2.96. The molecule has 3 aromatic rings. The highest BCUT2D eigenvalue weighted by Crippen LogP contribution is 2.25. The second-order valence-electron chi connectivity index (χ2n) is 6.50. The van der Waals surface area contributed by atoms with E-state index in [-0.39, 0.29) is 17.1 Å². The number of halogens is 1. The van der Waals surface area contributed by atoms with Crippen molar-refractivity contribution in [2.24, 2.45) is 7.05 Å². The van der Waals surface area contributed by atoms with Gasteiger partial charge in [0.05, 0.1) is 0 Å². The number of pyridine rings is 1. The van der Waals surface area contributed by atoms with E-state index >= 15 is 0 Å². The van der Waals surface area contributed by atoms with Crippen LogP contribution in [0.1, 0.15) is 25.7 Å². The summed E-state index contributed by atoms with van der Waals surface area (Å²) in [6, 6.07) is 7.90. The van der Waals surface area contributed by atoms with Crippen LogP contribution in [0.15, 0.2) is 41.3 Å². The Bertz CT molecular complexity index is 1010. The van der Waals surface area contributed by atoms with Gasteiger partial charge in [-0.15, -0.1) is 0 Å². The number of anilines is 1. The molecule has 0 aliphatic heterocycles. The Morgan fingerprint density at radius 3 is 2.77 bits per heavy atom. The highest BCUT2D eigenvalue weighted by molar-refractivity contribution is 5.76. The molecule has 6 nitrogen and oxygen atoms in total. The number of benzene rings is 1. The van der Waals surface area contributed by atoms with E-state index in [1.807, 2.05) is 0 Å². The molecule has 1 fully saturated rings. The van der Waals surface area contributed by atoms with Gasteiger partial charge in [0, 0.05) is 24.7 Å². The Labute approximate surface area is 149 Å². The molecule has 1 aromatic carbocycles. The molecule has 0 bridgehead atoms. The summed E-state index contributed by atoms with van der Waals surface area (Å²) < 4.78 is 20.7. The van der Waals surface area contributed by atoms with Gasteiger partial charge in [-0.2, -0.15) is 4.98 Å². The zero-order valence-electron chi connectivity index (χ0n) is 14.4. The fourth-order valence-electron chi connectivity index (χ4n) is 3.26. The number of ether oxygens (including phenoxy) is 1. The molecule has 0 unspecified atom stereocenters. The van der Waals surface area contributed by atoms with E-state index in [9.17, 15) is 9.18 Å². The summed E-state index contributed by atoms with van der Waals surface area (Å²) in [6.45, 7) is 0. The van der Waals surface area contributed by atoms with Gasteiger partial charge in [-0.1, -0.05) is 25.0 Å². The minimum Gasteiger partial charge on any atom is -0.448 e. The second-order valence-corrected chi connectivity index (χ2v) is 6.50. The SMILES string of the molecule is Cn1c(=O)c(Oc2ccccc2F)cc2cnc(NC3CCCC3)nc21. The minimum atomic E-state index is -0.526. The lowest BCUT2D eigenvalue weighted by molar-refractivity contribution is 0.434. The van der Waals surface area contributed by atoms with Crippen LogP contribution in [0.4, 0.5) is 10.3 Å². The average molecular weight is 354 g/mol. The van der Waals surface area contributed by atoms with E-state index in [1.54, 1.807) is 31.4 Å². The molecule has 7 heteroatoms. The normalized spacial score (nSPS) is 14.7. The maximum atomic E-state index is 13.8. The monoisotopic (exact) mass is 354 g/mol. The molecule has 1 saturated carbocycles. The molecule has 2 heterocycles. The van der Waals surface area contributed by atoms with Gasteiger partial charge in [0.15, 0.2) is 17.3 Å². The highest BCUT2D eigenvalue weighted by Gasteiger charge is 2.17. The highest BCUT2D eigenvalue weighted by atomic mass is 19.1. The Balaban J connectivity index is 1.70. The van der Waals surface area contributed by atoms with E-state index in [0.29, 0.717) is 23.0 Å². The number of aromatic nitrogens is 3. The zero-order chi connectivity index (χ0) is 18.1. The van der Waals surface area contributed by atoms with E-state index in [4.69, 9.17) is 4.74 Å². The van der Waals surface area contributed by atoms with Crippen LogP contribution in [0.5, 0.6) is 11.5 Å². The topological polar surface area (TPSA) is 69.0 Å². The first-order valence-electron chi connectivity index (χ1n) is 8.67. The summed E-state index contributed by atoms with van der Waals surface area (Å²) in [5.41, 5.74) is 0.123. The van der Waals surface area contributed by atoms with E-state index < -0.39 is 5.82 Å². The summed E-state index contributed by atoms with van der Waals surface area (Å²) in [5, 5.41) is 3.97. The molecule has 1 aliphatic carbocycles. The largest absolute Gasteiger partial charge is 0.448 e. The number of hydrogen-bond acceptors (Lipinski definition) is 5. The van der Waals surface area contributed by atoms with Gasteiger partial charge in [0.25, 0.3) is 5.56 Å². The fraction of sp³-hybridized carbons (Fsp3) is 0.316. The Morgan fingerprint density at radius 2 is 2.00 bits per heavy atom. The lowest BCUT2D eigenvalue weighted by atomic mass is 10.2. The first-order chi connectivity index (χ1) is 12.6. The number of rotatable bonds is 4. The van der Waals surface area contributed by atoms with Gasteiger partial charge in [-0.3, -0.25) is 9.36 Å². The third kappa shape index (κ3) is 3.12. The molecule has 2 aromatic heterocycles. The number of fused-ring (bicyclic) bond motifs is 1. The van der Waals surface area contributed by atoms with E-state index in [2.05, 4.69) is 15.3 Å². The molecule has 0 spiro atoms. The first kappa shape index (κ1) is 16.5. The van der Waals surface area contributed by atoms with Crippen molar-refractivity contribution in [3.8, 4) is 11.5 Å². The molecule has 134 valence electrons. The van der Waals surface area contributed by atoms with Crippen LogP contribution >= 0.6 is 0 Å². The number of para-hydroxylation sites is 1. The molecule has 0 atom stereocenters. The Morgan fingerprint density at radius 1 is 1.23 bits per heavy atom. The first-order valence-corrected chi connectivity index (χ1v) is 8.67. The number of hydrogen-bond donors (Lipinski definition) is 1. The smallest absolute Gasteiger partial charge is 0.294 e. The third-order valence-electron chi connectivity index (χ3n) is 4.66. The number of nitrogens with zero attached hydrogens (tertiary/aromatic N) is 3. The molecule has 1 aliphatic rings. The van der Waals surface area contributed by atoms with Crippen molar-refractivity contribution < 1.29 is 9.13 Å². The minimum absolute atomic E-state index is 0.00406. The van der Waals surface area contributed by atoms with Crippen molar-refractivity contribution in [1.82, 2.24) is 14.5 Å². The maximum absolute atomic E-state index is 13.8. The van der Waals surface area contributed by atoms with Crippen molar-refractivity contribution in [3.05, 3.63) is 52.7 Å². The summed E-state index contributed by atoms with van der Waals surface area (Å²) in [7, 11) is 1.62. The average Bonchev–Trinajstić information content (AvgIpc) is 3.15. The van der Waals surface area contributed by atoms with Gasteiger partial charge < -0.3 is 10.1 Å². The van der Waals surface area contributed by atoms with Crippen LogP contribution in [0.25, 0.3) is 11.0 Å². The second kappa shape index (κ2) is 6.74. The molecule has 4 rings (SSSR count). The summed E-state index contributed by atoms with van der Waals surface area (Å²) >= 11 is 0. The molecule has 0 saturated heterocycles. The lowest BCUT2D eigenvalue weighted by Crippen LogP contribution is -2.21. The fourth-order valence-corrected chi connectivity index (χ4v) is 3.26. The van der Waals surface area contributed by atoms with E-state index in [1.165, 1.54) is 29.5 Å². The van der Waals surface area contributed by atoms with Crippen LogP contribution in [0.3, 0.4) is 0 Å². The van der Waals surface area contributed by atoms with Crippen molar-refractivity contribution in [1.29, 1.82) is 0 Å². The lowest BCUT2D eigenvalue weighted by Gasteiger charge is -2.13.